The molecule has 1 aliphatic carbocycles. The smallest absolute Gasteiger partial charge is 0.246 e. The molecule has 0 unspecified atom stereocenters. The number of hydrogen-bond donors (Lipinski definition) is 0. The van der Waals surface area contributed by atoms with Crippen molar-refractivity contribution in [3.63, 3.8) is 0 Å². The van der Waals surface area contributed by atoms with Crippen molar-refractivity contribution in [3.8, 4) is 11.5 Å². The Morgan fingerprint density at radius 2 is 1.53 bits per heavy atom. The molecule has 3 rings (SSSR count). The lowest BCUT2D eigenvalue weighted by molar-refractivity contribution is -0.0431. The number of ether oxygens (including phenoxy) is 2. The SMILES string of the molecule is CC1Cc2cc3c(cc2C1)OC(C)(C)O3. The van der Waals surface area contributed by atoms with Crippen molar-refractivity contribution in [1.82, 2.24) is 0 Å². The minimum atomic E-state index is -0.497. The Morgan fingerprint density at radius 1 is 1.07 bits per heavy atom. The van der Waals surface area contributed by atoms with Crippen LogP contribution >= 0.6 is 0 Å². The van der Waals surface area contributed by atoms with Crippen LogP contribution in [0.5, 0.6) is 11.5 Å². The number of hydrogen-bond acceptors (Lipinski definition) is 2. The summed E-state index contributed by atoms with van der Waals surface area (Å²) in [6.45, 7) is 6.18. The Hall–Kier alpha value is -1.18. The van der Waals surface area contributed by atoms with E-state index in [0.717, 1.165) is 17.4 Å². The fourth-order valence-electron chi connectivity index (χ4n) is 2.56. The number of rotatable bonds is 0. The van der Waals surface area contributed by atoms with Crippen LogP contribution < -0.4 is 9.47 Å². The van der Waals surface area contributed by atoms with Gasteiger partial charge in [-0.2, -0.15) is 0 Å². The zero-order chi connectivity index (χ0) is 10.6. The maximum Gasteiger partial charge on any atom is 0.246 e. The highest BCUT2D eigenvalue weighted by molar-refractivity contribution is 5.51. The third-order valence-electron chi connectivity index (χ3n) is 3.11. The normalized spacial score (nSPS) is 21.8. The lowest BCUT2D eigenvalue weighted by Gasteiger charge is -2.16. The number of fused-ring (bicyclic) bond motifs is 2. The van der Waals surface area contributed by atoms with Crippen LogP contribution in [-0.4, -0.2) is 5.79 Å². The van der Waals surface area contributed by atoms with Gasteiger partial charge in [0, 0.05) is 13.8 Å². The predicted molar refractivity (Wildman–Crippen MR) is 58.3 cm³/mol. The van der Waals surface area contributed by atoms with Gasteiger partial charge in [0.2, 0.25) is 5.79 Å². The standard InChI is InChI=1S/C13H16O2/c1-8-4-9-6-11-12(7-10(9)5-8)15-13(2,3)14-11/h6-8H,4-5H2,1-3H3. The average Bonchev–Trinajstić information content (AvgIpc) is 2.55. The lowest BCUT2D eigenvalue weighted by Crippen LogP contribution is -2.29. The van der Waals surface area contributed by atoms with Gasteiger partial charge in [0.25, 0.3) is 0 Å². The molecule has 1 aromatic carbocycles. The van der Waals surface area contributed by atoms with Crippen LogP contribution in [-0.2, 0) is 12.8 Å². The molecule has 0 radical (unpaired) electrons. The van der Waals surface area contributed by atoms with Gasteiger partial charge >= 0.3 is 0 Å². The van der Waals surface area contributed by atoms with Crippen molar-refractivity contribution in [2.75, 3.05) is 0 Å². The highest BCUT2D eigenvalue weighted by Gasteiger charge is 2.33. The van der Waals surface area contributed by atoms with E-state index in [2.05, 4.69) is 19.1 Å². The Bertz CT molecular complexity index is 384. The van der Waals surface area contributed by atoms with E-state index in [4.69, 9.17) is 9.47 Å². The third-order valence-corrected chi connectivity index (χ3v) is 3.11. The Labute approximate surface area is 90.2 Å². The minimum absolute atomic E-state index is 0.497. The van der Waals surface area contributed by atoms with Gasteiger partial charge in [-0.15, -0.1) is 0 Å². The molecule has 2 heteroatoms. The average molecular weight is 204 g/mol. The van der Waals surface area contributed by atoms with E-state index >= 15 is 0 Å². The summed E-state index contributed by atoms with van der Waals surface area (Å²) >= 11 is 0. The van der Waals surface area contributed by atoms with E-state index in [1.165, 1.54) is 24.0 Å². The second kappa shape index (κ2) is 2.69. The first kappa shape index (κ1) is 9.08. The van der Waals surface area contributed by atoms with Crippen LogP contribution in [0.2, 0.25) is 0 Å². The molecule has 1 heterocycles. The van der Waals surface area contributed by atoms with Crippen molar-refractivity contribution in [2.24, 2.45) is 5.92 Å². The van der Waals surface area contributed by atoms with Gasteiger partial charge in [-0.05, 0) is 42.0 Å². The van der Waals surface area contributed by atoms with Crippen LogP contribution in [0.25, 0.3) is 0 Å². The summed E-state index contributed by atoms with van der Waals surface area (Å²) < 4.78 is 11.5. The summed E-state index contributed by atoms with van der Waals surface area (Å²) in [5.74, 6) is 2.08. The quantitative estimate of drug-likeness (QED) is 0.647. The van der Waals surface area contributed by atoms with E-state index in [1.54, 1.807) is 0 Å². The second-order valence-electron chi connectivity index (χ2n) is 5.19. The summed E-state index contributed by atoms with van der Waals surface area (Å²) in [6.07, 6.45) is 2.35. The summed E-state index contributed by atoms with van der Waals surface area (Å²) in [5, 5.41) is 0. The molecular formula is C13H16O2. The monoisotopic (exact) mass is 204 g/mol. The maximum absolute atomic E-state index is 5.73. The van der Waals surface area contributed by atoms with Gasteiger partial charge < -0.3 is 9.47 Å². The molecular weight excluding hydrogens is 188 g/mol. The molecule has 15 heavy (non-hydrogen) atoms. The molecule has 0 spiro atoms. The minimum Gasteiger partial charge on any atom is -0.449 e. The summed E-state index contributed by atoms with van der Waals surface area (Å²) in [7, 11) is 0. The van der Waals surface area contributed by atoms with E-state index in [0.29, 0.717) is 0 Å². The lowest BCUT2D eigenvalue weighted by atomic mass is 10.1. The topological polar surface area (TPSA) is 18.5 Å². The largest absolute Gasteiger partial charge is 0.449 e. The van der Waals surface area contributed by atoms with Gasteiger partial charge in [0.1, 0.15) is 0 Å². The predicted octanol–water partition coefficient (Wildman–Crippen LogP) is 2.93. The van der Waals surface area contributed by atoms with Crippen LogP contribution in [0.1, 0.15) is 31.9 Å². The Balaban J connectivity index is 2.03. The van der Waals surface area contributed by atoms with Crippen LogP contribution in [0.4, 0.5) is 0 Å². The van der Waals surface area contributed by atoms with Gasteiger partial charge in [-0.1, -0.05) is 6.92 Å². The van der Waals surface area contributed by atoms with Gasteiger partial charge in [-0.25, -0.2) is 0 Å². The summed E-state index contributed by atoms with van der Waals surface area (Å²) in [5.41, 5.74) is 2.87. The Kier molecular flexibility index (Phi) is 1.63. The molecule has 0 N–H and O–H groups in total. The first-order valence-corrected chi connectivity index (χ1v) is 5.57. The van der Waals surface area contributed by atoms with Crippen LogP contribution in [0.15, 0.2) is 12.1 Å². The summed E-state index contributed by atoms with van der Waals surface area (Å²) in [6, 6.07) is 4.31. The molecule has 0 fully saturated rings. The van der Waals surface area contributed by atoms with Gasteiger partial charge in [0.15, 0.2) is 11.5 Å². The number of benzene rings is 1. The van der Waals surface area contributed by atoms with Crippen molar-refractivity contribution < 1.29 is 9.47 Å². The molecule has 2 nitrogen and oxygen atoms in total. The highest BCUT2D eigenvalue weighted by Crippen LogP contribution is 2.43. The molecule has 0 atom stereocenters. The molecule has 1 aliphatic heterocycles. The maximum atomic E-state index is 5.73. The van der Waals surface area contributed by atoms with E-state index in [1.807, 2.05) is 13.8 Å². The molecule has 1 aromatic rings. The van der Waals surface area contributed by atoms with E-state index in [9.17, 15) is 0 Å². The highest BCUT2D eigenvalue weighted by atomic mass is 16.7. The van der Waals surface area contributed by atoms with Crippen molar-refractivity contribution in [2.45, 2.75) is 39.4 Å². The first-order chi connectivity index (χ1) is 7.03. The summed E-state index contributed by atoms with van der Waals surface area (Å²) in [4.78, 5) is 0. The van der Waals surface area contributed by atoms with E-state index in [-0.39, 0.29) is 0 Å². The van der Waals surface area contributed by atoms with Crippen LogP contribution in [0, 0.1) is 5.92 Å². The second-order valence-corrected chi connectivity index (χ2v) is 5.19. The van der Waals surface area contributed by atoms with E-state index < -0.39 is 5.79 Å². The molecule has 0 saturated heterocycles. The molecule has 2 aliphatic rings. The van der Waals surface area contributed by atoms with Crippen molar-refractivity contribution >= 4 is 0 Å². The molecule has 0 amide bonds. The molecule has 0 saturated carbocycles. The van der Waals surface area contributed by atoms with Gasteiger partial charge in [0.05, 0.1) is 0 Å². The zero-order valence-corrected chi connectivity index (χ0v) is 9.46. The van der Waals surface area contributed by atoms with Crippen molar-refractivity contribution in [3.05, 3.63) is 23.3 Å². The Morgan fingerprint density at radius 3 is 2.00 bits per heavy atom. The molecule has 0 aromatic heterocycles. The van der Waals surface area contributed by atoms with Crippen LogP contribution in [0.3, 0.4) is 0 Å². The zero-order valence-electron chi connectivity index (χ0n) is 9.46. The first-order valence-electron chi connectivity index (χ1n) is 5.57. The fourth-order valence-corrected chi connectivity index (χ4v) is 2.56. The third kappa shape index (κ3) is 1.39. The molecule has 80 valence electrons. The van der Waals surface area contributed by atoms with Crippen molar-refractivity contribution in [1.29, 1.82) is 0 Å². The van der Waals surface area contributed by atoms with Gasteiger partial charge in [-0.3, -0.25) is 0 Å². The molecule has 0 bridgehead atoms. The fraction of sp³-hybridized carbons (Fsp3) is 0.538.